The Balaban J connectivity index is 1.48. The van der Waals surface area contributed by atoms with E-state index in [0.717, 1.165) is 17.8 Å². The molecule has 0 saturated heterocycles. The van der Waals surface area contributed by atoms with Crippen LogP contribution in [-0.4, -0.2) is 0 Å². The summed E-state index contributed by atoms with van der Waals surface area (Å²) in [5, 5.41) is 0. The highest BCUT2D eigenvalue weighted by Crippen LogP contribution is 2.44. The summed E-state index contributed by atoms with van der Waals surface area (Å²) in [5.74, 6) is 3.33. The largest absolute Gasteiger partial charge is 0.207 e. The van der Waals surface area contributed by atoms with Gasteiger partial charge in [0.2, 0.25) is 0 Å². The molecule has 2 aliphatic carbocycles. The van der Waals surface area contributed by atoms with Crippen molar-refractivity contribution >= 4 is 5.83 Å². The summed E-state index contributed by atoms with van der Waals surface area (Å²) in [6.07, 6.45) is 14.1. The summed E-state index contributed by atoms with van der Waals surface area (Å²) in [6, 6.07) is 8.00. The van der Waals surface area contributed by atoms with Gasteiger partial charge in [0.15, 0.2) is 0 Å². The molecule has 2 fully saturated rings. The van der Waals surface area contributed by atoms with Crippen molar-refractivity contribution in [3.8, 4) is 0 Å². The van der Waals surface area contributed by atoms with Crippen LogP contribution in [0.5, 0.6) is 0 Å². The van der Waals surface area contributed by atoms with Gasteiger partial charge in [0.05, 0.1) is 0 Å². The van der Waals surface area contributed by atoms with Crippen molar-refractivity contribution in [2.45, 2.75) is 77.0 Å². The highest BCUT2D eigenvalue weighted by Gasteiger charge is 2.31. The lowest BCUT2D eigenvalue weighted by Crippen LogP contribution is -2.25. The third-order valence-corrected chi connectivity index (χ3v) is 6.72. The fourth-order valence-corrected chi connectivity index (χ4v) is 5.22. The van der Waals surface area contributed by atoms with Crippen molar-refractivity contribution in [1.82, 2.24) is 0 Å². The maximum absolute atomic E-state index is 13.1. The number of rotatable bonds is 5. The van der Waals surface area contributed by atoms with Gasteiger partial charge in [0.25, 0.3) is 0 Å². The molecule has 0 unspecified atom stereocenters. The molecule has 132 valence electrons. The Morgan fingerprint density at radius 3 is 1.96 bits per heavy atom. The van der Waals surface area contributed by atoms with E-state index in [2.05, 4.69) is 25.6 Å². The first-order valence-electron chi connectivity index (χ1n) is 10.1. The van der Waals surface area contributed by atoms with Gasteiger partial charge in [-0.3, -0.25) is 0 Å². The van der Waals surface area contributed by atoms with E-state index in [9.17, 15) is 4.39 Å². The predicted molar refractivity (Wildman–Crippen MR) is 102 cm³/mol. The minimum Gasteiger partial charge on any atom is -0.207 e. The zero-order valence-electron chi connectivity index (χ0n) is 15.3. The van der Waals surface area contributed by atoms with E-state index in [0.29, 0.717) is 11.5 Å². The molecule has 1 aromatic carbocycles. The molecular weight excluding hydrogens is 295 g/mol. The van der Waals surface area contributed by atoms with E-state index in [1.165, 1.54) is 69.8 Å². The molecular formula is C23H33F. The van der Waals surface area contributed by atoms with Gasteiger partial charge in [0.1, 0.15) is 5.83 Å². The average molecular weight is 329 g/mol. The summed E-state index contributed by atoms with van der Waals surface area (Å²) in [5.41, 5.74) is 2.02. The zero-order valence-corrected chi connectivity index (χ0v) is 15.3. The third kappa shape index (κ3) is 4.29. The van der Waals surface area contributed by atoms with Crippen molar-refractivity contribution in [2.75, 3.05) is 0 Å². The third-order valence-electron chi connectivity index (χ3n) is 6.72. The van der Waals surface area contributed by atoms with E-state index >= 15 is 0 Å². The SMILES string of the molecule is C=C(F)c1ccc(C2CCC(C3CCC(CCC)CC3)CC2)cc1. The lowest BCUT2D eigenvalue weighted by atomic mass is 9.68. The molecule has 0 nitrogen and oxygen atoms in total. The Hall–Kier alpha value is -1.11. The molecule has 2 saturated carbocycles. The molecule has 0 amide bonds. The average Bonchev–Trinajstić information content (AvgIpc) is 2.63. The number of halogens is 1. The second kappa shape index (κ2) is 8.32. The fourth-order valence-electron chi connectivity index (χ4n) is 5.22. The fraction of sp³-hybridized carbons (Fsp3) is 0.652. The van der Waals surface area contributed by atoms with Gasteiger partial charge >= 0.3 is 0 Å². The lowest BCUT2D eigenvalue weighted by molar-refractivity contribution is 0.156. The molecule has 24 heavy (non-hydrogen) atoms. The quantitative estimate of drug-likeness (QED) is 0.524. The van der Waals surface area contributed by atoms with E-state index in [4.69, 9.17) is 0 Å². The molecule has 0 bridgehead atoms. The van der Waals surface area contributed by atoms with Crippen molar-refractivity contribution in [1.29, 1.82) is 0 Å². The molecule has 0 aliphatic heterocycles. The van der Waals surface area contributed by atoms with Gasteiger partial charge in [-0.2, -0.15) is 0 Å². The van der Waals surface area contributed by atoms with Crippen LogP contribution in [0.1, 0.15) is 88.2 Å². The second-order valence-electron chi connectivity index (χ2n) is 8.21. The Morgan fingerprint density at radius 1 is 0.917 bits per heavy atom. The Bertz CT molecular complexity index is 513. The van der Waals surface area contributed by atoms with Crippen LogP contribution < -0.4 is 0 Å². The Kier molecular flexibility index (Phi) is 6.14. The molecule has 0 heterocycles. The predicted octanol–water partition coefficient (Wildman–Crippen LogP) is 7.51. The Morgan fingerprint density at radius 2 is 1.46 bits per heavy atom. The van der Waals surface area contributed by atoms with Crippen LogP contribution in [0.3, 0.4) is 0 Å². The van der Waals surface area contributed by atoms with Crippen molar-refractivity contribution < 1.29 is 4.39 Å². The first-order valence-corrected chi connectivity index (χ1v) is 10.1. The second-order valence-corrected chi connectivity index (χ2v) is 8.21. The minimum absolute atomic E-state index is 0.330. The highest BCUT2D eigenvalue weighted by molar-refractivity contribution is 5.56. The molecule has 3 rings (SSSR count). The van der Waals surface area contributed by atoms with Crippen LogP contribution in [-0.2, 0) is 0 Å². The van der Waals surface area contributed by atoms with Crippen molar-refractivity contribution in [2.24, 2.45) is 17.8 Å². The van der Waals surface area contributed by atoms with E-state index < -0.39 is 0 Å². The van der Waals surface area contributed by atoms with Gasteiger partial charge in [-0.25, -0.2) is 4.39 Å². The lowest BCUT2D eigenvalue weighted by Gasteiger charge is -2.38. The van der Waals surface area contributed by atoms with Crippen LogP contribution in [0, 0.1) is 17.8 Å². The first-order chi connectivity index (χ1) is 11.7. The summed E-state index contributed by atoms with van der Waals surface area (Å²) in [4.78, 5) is 0. The maximum Gasteiger partial charge on any atom is 0.123 e. The van der Waals surface area contributed by atoms with Crippen LogP contribution in [0.4, 0.5) is 4.39 Å². The van der Waals surface area contributed by atoms with E-state index in [1.54, 1.807) is 0 Å². The van der Waals surface area contributed by atoms with Crippen LogP contribution in [0.2, 0.25) is 0 Å². The smallest absolute Gasteiger partial charge is 0.123 e. The molecule has 0 atom stereocenters. The number of benzene rings is 1. The highest BCUT2D eigenvalue weighted by atomic mass is 19.1. The zero-order chi connectivity index (χ0) is 16.9. The molecule has 1 heteroatoms. The van der Waals surface area contributed by atoms with Gasteiger partial charge < -0.3 is 0 Å². The van der Waals surface area contributed by atoms with Crippen LogP contribution in [0.25, 0.3) is 5.83 Å². The van der Waals surface area contributed by atoms with Crippen molar-refractivity contribution in [3.63, 3.8) is 0 Å². The molecule has 0 aromatic heterocycles. The first kappa shape index (κ1) is 17.7. The van der Waals surface area contributed by atoms with Crippen molar-refractivity contribution in [3.05, 3.63) is 42.0 Å². The van der Waals surface area contributed by atoms with Crippen LogP contribution >= 0.6 is 0 Å². The van der Waals surface area contributed by atoms with Gasteiger partial charge in [-0.05, 0) is 67.8 Å². The van der Waals surface area contributed by atoms with Gasteiger partial charge in [-0.1, -0.05) is 63.5 Å². The van der Waals surface area contributed by atoms with Gasteiger partial charge in [-0.15, -0.1) is 0 Å². The summed E-state index contributed by atoms with van der Waals surface area (Å²) in [7, 11) is 0. The summed E-state index contributed by atoms with van der Waals surface area (Å²) in [6.45, 7) is 5.70. The standard InChI is InChI=1S/C23H33F/c1-3-4-18-5-7-20(8-6-18)22-13-15-23(16-14-22)21-11-9-19(10-12-21)17(2)24/h9-12,18,20,22-23H,2-8,13-16H2,1H3. The monoisotopic (exact) mass is 328 g/mol. The minimum atomic E-state index is -0.330. The molecule has 0 N–H and O–H groups in total. The summed E-state index contributed by atoms with van der Waals surface area (Å²) < 4.78 is 13.1. The molecule has 1 aromatic rings. The number of hydrogen-bond acceptors (Lipinski definition) is 0. The van der Waals surface area contributed by atoms with E-state index in [-0.39, 0.29) is 5.83 Å². The Labute approximate surface area is 147 Å². The normalized spacial score (nSPS) is 30.9. The number of hydrogen-bond donors (Lipinski definition) is 0. The maximum atomic E-state index is 13.1. The molecule has 2 aliphatic rings. The van der Waals surface area contributed by atoms with Crippen LogP contribution in [0.15, 0.2) is 30.8 Å². The van der Waals surface area contributed by atoms with Gasteiger partial charge in [0, 0.05) is 5.56 Å². The topological polar surface area (TPSA) is 0 Å². The molecule has 0 radical (unpaired) electrons. The summed E-state index contributed by atoms with van der Waals surface area (Å²) >= 11 is 0. The molecule has 0 spiro atoms. The van der Waals surface area contributed by atoms with E-state index in [1.807, 2.05) is 12.1 Å².